The lowest BCUT2D eigenvalue weighted by atomic mass is 10.5. The van der Waals surface area contributed by atoms with Crippen molar-refractivity contribution in [3.8, 4) is 0 Å². The molecular weight excluding hydrogens is 217 g/mol. The minimum absolute atomic E-state index is 0.160. The maximum absolute atomic E-state index is 11.5. The van der Waals surface area contributed by atoms with Gasteiger partial charge in [-0.15, -0.1) is 13.2 Å². The molecule has 0 fully saturated rings. The van der Waals surface area contributed by atoms with Crippen LogP contribution < -0.4 is 0 Å². The Kier molecular flexibility index (Phi) is 3.30. The summed E-state index contributed by atoms with van der Waals surface area (Å²) in [6.07, 6.45) is -3.41. The zero-order chi connectivity index (χ0) is 11.5. The van der Waals surface area contributed by atoms with E-state index in [9.17, 15) is 18.0 Å². The molecule has 15 heavy (non-hydrogen) atoms. The van der Waals surface area contributed by atoms with Crippen LogP contribution in [-0.2, 0) is 11.3 Å². The molecule has 0 aliphatic carbocycles. The molecule has 5 nitrogen and oxygen atoms in total. The van der Waals surface area contributed by atoms with Crippen LogP contribution in [0.1, 0.15) is 10.5 Å². The van der Waals surface area contributed by atoms with Gasteiger partial charge >= 0.3 is 12.3 Å². The second-order valence-corrected chi connectivity index (χ2v) is 2.56. The summed E-state index contributed by atoms with van der Waals surface area (Å²) in [7, 11) is 0. The Balaban J connectivity index is 2.41. The van der Waals surface area contributed by atoms with Gasteiger partial charge in [-0.3, -0.25) is 9.42 Å². The van der Waals surface area contributed by atoms with Gasteiger partial charge in [-0.05, 0) is 6.07 Å². The Morgan fingerprint density at radius 2 is 2.27 bits per heavy atom. The first-order chi connectivity index (χ1) is 6.88. The molecule has 0 bridgehead atoms. The van der Waals surface area contributed by atoms with Gasteiger partial charge in [-0.25, -0.2) is 4.79 Å². The fourth-order valence-electron chi connectivity index (χ4n) is 0.855. The number of hydrogen-bond acceptors (Lipinski definition) is 3. The number of aromatic carboxylic acids is 1. The zero-order valence-electron chi connectivity index (χ0n) is 7.36. The first-order valence-corrected chi connectivity index (χ1v) is 3.86. The van der Waals surface area contributed by atoms with E-state index in [0.717, 1.165) is 4.68 Å². The van der Waals surface area contributed by atoms with E-state index in [1.54, 1.807) is 0 Å². The quantitative estimate of drug-likeness (QED) is 0.832. The third-order valence-corrected chi connectivity index (χ3v) is 1.45. The fourth-order valence-corrected chi connectivity index (χ4v) is 0.855. The summed E-state index contributed by atoms with van der Waals surface area (Å²) < 4.78 is 39.2. The number of aromatic nitrogens is 2. The highest BCUT2D eigenvalue weighted by Crippen LogP contribution is 2.15. The SMILES string of the molecule is O=C(O)c1ccn(CCOC(F)(F)F)n1. The fraction of sp³-hybridized carbons (Fsp3) is 0.429. The number of carboxylic acid groups (broad SMARTS) is 1. The first-order valence-electron chi connectivity index (χ1n) is 3.86. The molecule has 0 saturated heterocycles. The normalized spacial score (nSPS) is 11.7. The summed E-state index contributed by atoms with van der Waals surface area (Å²) in [5.41, 5.74) is -0.220. The summed E-state index contributed by atoms with van der Waals surface area (Å²) >= 11 is 0. The monoisotopic (exact) mass is 224 g/mol. The van der Waals surface area contributed by atoms with Crippen molar-refractivity contribution in [3.63, 3.8) is 0 Å². The summed E-state index contributed by atoms with van der Waals surface area (Å²) in [6, 6.07) is 1.19. The maximum atomic E-state index is 11.5. The number of carbonyl (C=O) groups is 1. The molecule has 84 valence electrons. The molecule has 0 atom stereocenters. The van der Waals surface area contributed by atoms with Gasteiger partial charge in [0, 0.05) is 6.20 Å². The average Bonchev–Trinajstić information content (AvgIpc) is 2.50. The van der Waals surface area contributed by atoms with E-state index in [4.69, 9.17) is 5.11 Å². The standard InChI is InChI=1S/C7H7F3N2O3/c8-7(9,10)15-4-3-12-2-1-5(11-12)6(13)14/h1-2H,3-4H2,(H,13,14). The summed E-state index contributed by atoms with van der Waals surface area (Å²) in [5.74, 6) is -1.23. The lowest BCUT2D eigenvalue weighted by Gasteiger charge is -2.06. The third-order valence-electron chi connectivity index (χ3n) is 1.45. The molecule has 0 spiro atoms. The molecule has 1 rings (SSSR count). The van der Waals surface area contributed by atoms with Crippen molar-refractivity contribution in [2.45, 2.75) is 12.9 Å². The Morgan fingerprint density at radius 1 is 1.60 bits per heavy atom. The van der Waals surface area contributed by atoms with Crippen LogP contribution in [0.2, 0.25) is 0 Å². The van der Waals surface area contributed by atoms with Crippen molar-refractivity contribution < 1.29 is 27.8 Å². The molecule has 1 aromatic rings. The van der Waals surface area contributed by atoms with E-state index in [1.807, 2.05) is 0 Å². The van der Waals surface area contributed by atoms with Gasteiger partial charge in [-0.1, -0.05) is 0 Å². The van der Waals surface area contributed by atoms with Crippen LogP contribution in [0, 0.1) is 0 Å². The van der Waals surface area contributed by atoms with Crippen LogP contribution in [0.25, 0.3) is 0 Å². The minimum Gasteiger partial charge on any atom is -0.476 e. The highest BCUT2D eigenvalue weighted by molar-refractivity contribution is 5.84. The number of halogens is 3. The Hall–Kier alpha value is -1.57. The number of rotatable bonds is 4. The van der Waals surface area contributed by atoms with E-state index in [1.165, 1.54) is 12.3 Å². The predicted molar refractivity (Wildman–Crippen MR) is 41.2 cm³/mol. The molecule has 0 aromatic carbocycles. The molecule has 1 heterocycles. The van der Waals surface area contributed by atoms with Crippen molar-refractivity contribution in [1.82, 2.24) is 9.78 Å². The molecular formula is C7H7F3N2O3. The highest BCUT2D eigenvalue weighted by atomic mass is 19.4. The van der Waals surface area contributed by atoms with Crippen molar-refractivity contribution in [2.75, 3.05) is 6.61 Å². The number of hydrogen-bond donors (Lipinski definition) is 1. The van der Waals surface area contributed by atoms with Crippen molar-refractivity contribution in [3.05, 3.63) is 18.0 Å². The molecule has 0 amide bonds. The average molecular weight is 224 g/mol. The van der Waals surface area contributed by atoms with Gasteiger partial charge in [0.25, 0.3) is 0 Å². The lowest BCUT2D eigenvalue weighted by Crippen LogP contribution is -2.17. The second-order valence-electron chi connectivity index (χ2n) is 2.56. The van der Waals surface area contributed by atoms with Crippen LogP contribution in [0.15, 0.2) is 12.3 Å². The summed E-state index contributed by atoms with van der Waals surface area (Å²) in [4.78, 5) is 10.4. The maximum Gasteiger partial charge on any atom is 0.522 e. The zero-order valence-corrected chi connectivity index (χ0v) is 7.36. The van der Waals surface area contributed by atoms with Gasteiger partial charge in [0.2, 0.25) is 0 Å². The van der Waals surface area contributed by atoms with Crippen LogP contribution in [0.3, 0.4) is 0 Å². The van der Waals surface area contributed by atoms with E-state index < -0.39 is 18.9 Å². The topological polar surface area (TPSA) is 64.3 Å². The Morgan fingerprint density at radius 3 is 2.73 bits per heavy atom. The lowest BCUT2D eigenvalue weighted by molar-refractivity contribution is -0.325. The van der Waals surface area contributed by atoms with Crippen LogP contribution in [0.4, 0.5) is 13.2 Å². The van der Waals surface area contributed by atoms with Gasteiger partial charge < -0.3 is 5.11 Å². The van der Waals surface area contributed by atoms with E-state index in [0.29, 0.717) is 0 Å². The minimum atomic E-state index is -4.68. The van der Waals surface area contributed by atoms with E-state index in [2.05, 4.69) is 9.84 Å². The summed E-state index contributed by atoms with van der Waals surface area (Å²) in [5, 5.41) is 12.0. The Labute approximate surface area is 82.1 Å². The molecule has 0 aliphatic heterocycles. The van der Waals surface area contributed by atoms with Crippen LogP contribution in [0.5, 0.6) is 0 Å². The molecule has 1 aromatic heterocycles. The van der Waals surface area contributed by atoms with Gasteiger partial charge in [-0.2, -0.15) is 5.10 Å². The van der Waals surface area contributed by atoms with E-state index >= 15 is 0 Å². The van der Waals surface area contributed by atoms with Gasteiger partial charge in [0.15, 0.2) is 5.69 Å². The first kappa shape index (κ1) is 11.5. The molecule has 0 aliphatic rings. The second kappa shape index (κ2) is 4.30. The van der Waals surface area contributed by atoms with Crippen molar-refractivity contribution >= 4 is 5.97 Å². The Bertz CT molecular complexity index is 347. The molecule has 0 saturated carbocycles. The number of ether oxygens (including phenoxy) is 1. The van der Waals surface area contributed by atoms with Crippen molar-refractivity contribution in [1.29, 1.82) is 0 Å². The summed E-state index contributed by atoms with van der Waals surface area (Å²) in [6.45, 7) is -0.767. The molecule has 0 radical (unpaired) electrons. The smallest absolute Gasteiger partial charge is 0.476 e. The van der Waals surface area contributed by atoms with Gasteiger partial charge in [0.1, 0.15) is 0 Å². The van der Waals surface area contributed by atoms with Crippen molar-refractivity contribution in [2.24, 2.45) is 0 Å². The molecule has 0 unspecified atom stereocenters. The number of nitrogens with zero attached hydrogens (tertiary/aromatic N) is 2. The van der Waals surface area contributed by atoms with E-state index in [-0.39, 0.29) is 12.2 Å². The van der Waals surface area contributed by atoms with Crippen LogP contribution in [-0.4, -0.2) is 33.8 Å². The molecule has 1 N–H and O–H groups in total. The number of alkyl halides is 3. The predicted octanol–water partition coefficient (Wildman–Crippen LogP) is 1.12. The highest BCUT2D eigenvalue weighted by Gasteiger charge is 2.28. The number of carboxylic acids is 1. The largest absolute Gasteiger partial charge is 0.522 e. The molecule has 8 heteroatoms. The van der Waals surface area contributed by atoms with Gasteiger partial charge in [0.05, 0.1) is 13.2 Å². The third kappa shape index (κ3) is 3.98. The van der Waals surface area contributed by atoms with Crippen LogP contribution >= 0.6 is 0 Å².